The zero-order valence-electron chi connectivity index (χ0n) is 12.0. The normalized spacial score (nSPS) is 19.7. The fourth-order valence-electron chi connectivity index (χ4n) is 1.66. The molecule has 1 rings (SSSR count). The van der Waals surface area contributed by atoms with E-state index in [1.165, 1.54) is 10.0 Å². The first kappa shape index (κ1) is 14.9. The van der Waals surface area contributed by atoms with Gasteiger partial charge < -0.3 is 0 Å². The van der Waals surface area contributed by atoms with E-state index in [4.69, 9.17) is 10.5 Å². The molecule has 0 amide bonds. The summed E-state index contributed by atoms with van der Waals surface area (Å²) in [7, 11) is 0. The molecule has 2 nitrogen and oxygen atoms in total. The van der Waals surface area contributed by atoms with E-state index in [2.05, 4.69) is 64.7 Å². The van der Waals surface area contributed by atoms with Crippen molar-refractivity contribution < 1.29 is 0 Å². The topological polar surface area (TPSA) is 47.6 Å². The molecule has 0 bridgehead atoms. The molecule has 0 radical (unpaired) electrons. The van der Waals surface area contributed by atoms with Crippen LogP contribution >= 0.6 is 0 Å². The van der Waals surface area contributed by atoms with Crippen LogP contribution < -0.4 is 0 Å². The first-order valence-electron chi connectivity index (χ1n) is 5.96. The Bertz CT molecular complexity index is 519. The number of hydrogen-bond acceptors (Lipinski definition) is 2. The summed E-state index contributed by atoms with van der Waals surface area (Å²) in [5, 5.41) is 18.2. The van der Waals surface area contributed by atoms with Crippen molar-refractivity contribution in [2.45, 2.75) is 41.5 Å². The average molecular weight is 307 g/mol. The molecule has 0 aliphatic carbocycles. The van der Waals surface area contributed by atoms with Gasteiger partial charge in [0.15, 0.2) is 0 Å². The van der Waals surface area contributed by atoms with Crippen molar-refractivity contribution in [1.29, 1.82) is 10.5 Å². The quantitative estimate of drug-likeness (QED) is 0.645. The van der Waals surface area contributed by atoms with Crippen LogP contribution in [0.1, 0.15) is 41.5 Å². The monoisotopic (exact) mass is 308 g/mol. The summed E-state index contributed by atoms with van der Waals surface area (Å²) in [6, 6.07) is 4.19. The summed E-state index contributed by atoms with van der Waals surface area (Å²) in [5.74, 6) is 0. The van der Waals surface area contributed by atoms with Crippen LogP contribution in [0.3, 0.4) is 0 Å². The Labute approximate surface area is 114 Å². The molecule has 0 fully saturated rings. The fraction of sp³-hybridized carbons (Fsp3) is 0.533. The summed E-state index contributed by atoms with van der Waals surface area (Å²) in [6.45, 7) is 13.0. The van der Waals surface area contributed by atoms with Gasteiger partial charge in [-0.3, -0.25) is 0 Å². The van der Waals surface area contributed by atoms with Crippen molar-refractivity contribution in [2.75, 3.05) is 0 Å². The number of hydrogen-bond donors (Lipinski definition) is 0. The second kappa shape index (κ2) is 4.85. The van der Waals surface area contributed by atoms with Crippen LogP contribution in [-0.4, -0.2) is 17.9 Å². The van der Waals surface area contributed by atoms with E-state index >= 15 is 0 Å². The first-order valence-corrected chi connectivity index (χ1v) is 8.66. The van der Waals surface area contributed by atoms with Gasteiger partial charge in [0.2, 0.25) is 0 Å². The minimum absolute atomic E-state index is 0.0209. The summed E-state index contributed by atoms with van der Waals surface area (Å²) < 4.78 is 1.70. The molecule has 1 unspecified atom stereocenters. The molecular weight excluding hydrogens is 287 g/mol. The third kappa shape index (κ3) is 2.99. The fourth-order valence-corrected chi connectivity index (χ4v) is 6.38. The van der Waals surface area contributed by atoms with Crippen molar-refractivity contribution in [3.63, 3.8) is 0 Å². The maximum atomic E-state index is 9.12. The Morgan fingerprint density at radius 3 is 1.83 bits per heavy atom. The van der Waals surface area contributed by atoms with Gasteiger partial charge in [-0.1, -0.05) is 0 Å². The van der Waals surface area contributed by atoms with Crippen molar-refractivity contribution >= 4 is 17.9 Å². The Morgan fingerprint density at radius 1 is 1.00 bits per heavy atom. The third-order valence-electron chi connectivity index (χ3n) is 2.80. The molecule has 96 valence electrons. The molecule has 0 aromatic heterocycles. The summed E-state index contributed by atoms with van der Waals surface area (Å²) in [4.78, 5) is 2.20. The van der Waals surface area contributed by atoms with E-state index in [0.29, 0.717) is 4.42 Å². The molecule has 1 heterocycles. The van der Waals surface area contributed by atoms with Crippen LogP contribution in [0.2, 0.25) is 0 Å². The molecule has 0 saturated carbocycles. The van der Waals surface area contributed by atoms with Crippen LogP contribution in [0.15, 0.2) is 21.1 Å². The van der Waals surface area contributed by atoms with Gasteiger partial charge in [0.1, 0.15) is 0 Å². The average Bonchev–Trinajstić information content (AvgIpc) is 2.63. The molecule has 3 heteroatoms. The van der Waals surface area contributed by atoms with Gasteiger partial charge in [-0.15, -0.1) is 0 Å². The van der Waals surface area contributed by atoms with Gasteiger partial charge in [-0.05, 0) is 0 Å². The molecule has 0 spiro atoms. The summed E-state index contributed by atoms with van der Waals surface area (Å²) in [6.07, 6.45) is 2.22. The van der Waals surface area contributed by atoms with Gasteiger partial charge in [-0.2, -0.15) is 0 Å². The summed E-state index contributed by atoms with van der Waals surface area (Å²) in [5.41, 5.74) is 1.36. The van der Waals surface area contributed by atoms with E-state index in [-0.39, 0.29) is 10.8 Å². The second-order valence-corrected chi connectivity index (χ2v) is 10.2. The number of rotatable bonds is 0. The Morgan fingerprint density at radius 2 is 1.50 bits per heavy atom. The Balaban J connectivity index is 3.50. The third-order valence-corrected chi connectivity index (χ3v) is 7.66. The van der Waals surface area contributed by atoms with E-state index in [0.717, 1.165) is 0 Å². The SMILES string of the molecule is CC(C)(C)C1=C[Se](=C(C#N)C#N)C(C(C)(C)C)=C1. The van der Waals surface area contributed by atoms with E-state index in [1.54, 1.807) is 0 Å². The second-order valence-electron chi connectivity index (χ2n) is 6.47. The van der Waals surface area contributed by atoms with Gasteiger partial charge in [-0.25, -0.2) is 0 Å². The molecule has 0 saturated heterocycles. The van der Waals surface area contributed by atoms with Crippen molar-refractivity contribution in [3.8, 4) is 12.1 Å². The standard InChI is InChI=1S/C15H20N2Se/c1-14(2,3)11-7-13(15(4,5)6)18(10-11)12(8-16)9-17/h7,10H,1-6H3. The van der Waals surface area contributed by atoms with E-state index in [9.17, 15) is 0 Å². The van der Waals surface area contributed by atoms with Crippen molar-refractivity contribution in [2.24, 2.45) is 10.8 Å². The van der Waals surface area contributed by atoms with Crippen molar-refractivity contribution in [1.82, 2.24) is 0 Å². The Kier molecular flexibility index (Phi) is 4.02. The zero-order chi connectivity index (χ0) is 14.1. The molecule has 1 aliphatic rings. The predicted octanol–water partition coefficient (Wildman–Crippen LogP) is 3.32. The van der Waals surface area contributed by atoms with Crippen LogP contribution in [0.4, 0.5) is 0 Å². The number of allylic oxidation sites excluding steroid dienone is 3. The number of nitrogens with zero attached hydrogens (tertiary/aromatic N) is 2. The van der Waals surface area contributed by atoms with Gasteiger partial charge in [0.25, 0.3) is 0 Å². The zero-order valence-corrected chi connectivity index (χ0v) is 13.7. The molecule has 0 aromatic carbocycles. The van der Waals surface area contributed by atoms with Crippen molar-refractivity contribution in [3.05, 3.63) is 21.1 Å². The molecule has 0 N–H and O–H groups in total. The molecule has 18 heavy (non-hydrogen) atoms. The minimum atomic E-state index is -1.54. The van der Waals surface area contributed by atoms with Gasteiger partial charge >= 0.3 is 114 Å². The number of nitriles is 2. The van der Waals surface area contributed by atoms with Crippen LogP contribution in [0.25, 0.3) is 0 Å². The summed E-state index contributed by atoms with van der Waals surface area (Å²) >= 11 is -1.54. The predicted molar refractivity (Wildman–Crippen MR) is 77.1 cm³/mol. The molecular formula is C15H20N2Se. The Hall–Kier alpha value is -1.15. The molecule has 1 aliphatic heterocycles. The van der Waals surface area contributed by atoms with Crippen LogP contribution in [-0.2, 0) is 0 Å². The molecule has 1 atom stereocenters. The van der Waals surface area contributed by atoms with Gasteiger partial charge in [0, 0.05) is 0 Å². The van der Waals surface area contributed by atoms with Crippen LogP contribution in [0, 0.1) is 33.5 Å². The first-order chi connectivity index (χ1) is 8.11. The maximum absolute atomic E-state index is 9.12. The van der Waals surface area contributed by atoms with Gasteiger partial charge in [0.05, 0.1) is 0 Å². The van der Waals surface area contributed by atoms with E-state index < -0.39 is 13.5 Å². The van der Waals surface area contributed by atoms with E-state index in [1.807, 2.05) is 0 Å². The van der Waals surface area contributed by atoms with Crippen LogP contribution in [0.5, 0.6) is 0 Å². The molecule has 0 aromatic rings.